The monoisotopic (exact) mass is 268 g/mol. The highest BCUT2D eigenvalue weighted by Gasteiger charge is 2.38. The van der Waals surface area contributed by atoms with Gasteiger partial charge in [-0.05, 0) is 17.8 Å². The zero-order valence-corrected chi connectivity index (χ0v) is 11.7. The average Bonchev–Trinajstić information content (AvgIpc) is 1.84. The Labute approximate surface area is 89.0 Å². The summed E-state index contributed by atoms with van der Waals surface area (Å²) in [5.74, 6) is 0. The highest BCUT2D eigenvalue weighted by molar-refractivity contribution is 7.67. The Balaban J connectivity index is 4.08. The Bertz CT molecular complexity index is 118. The summed E-state index contributed by atoms with van der Waals surface area (Å²) < 4.78 is 0. The molecule has 0 aliphatic rings. The van der Waals surface area contributed by atoms with Crippen molar-refractivity contribution in [3.05, 3.63) is 0 Å². The summed E-state index contributed by atoms with van der Waals surface area (Å²) in [6.07, 6.45) is 0. The van der Waals surface area contributed by atoms with Gasteiger partial charge >= 0.3 is 6.00 Å². The molecule has 0 fully saturated rings. The maximum Gasteiger partial charge on any atom is 0.340 e. The molecule has 0 aromatic rings. The van der Waals surface area contributed by atoms with Gasteiger partial charge in [0.05, 0.1) is 0 Å². The second-order valence-electron chi connectivity index (χ2n) is 2.65. The Morgan fingerprint density at radius 1 is 0.909 bits per heavy atom. The van der Waals surface area contributed by atoms with E-state index in [0.29, 0.717) is 5.67 Å². The van der Waals surface area contributed by atoms with Crippen LogP contribution in [0, 0.1) is 0 Å². The molecule has 0 atom stereocenters. The van der Waals surface area contributed by atoms with Crippen LogP contribution in [0.15, 0.2) is 0 Å². The molecule has 0 aromatic heterocycles. The normalized spacial score (nSPS) is 13.6. The Kier molecular flexibility index (Phi) is 5.41. The smallest absolute Gasteiger partial charge is 0.167 e. The predicted octanol–water partition coefficient (Wildman–Crippen LogP) is 4.41. The molecule has 11 heavy (non-hydrogen) atoms. The largest absolute Gasteiger partial charge is 0.340 e. The Morgan fingerprint density at radius 3 is 1.36 bits per heavy atom. The van der Waals surface area contributed by atoms with Crippen molar-refractivity contribution in [1.82, 2.24) is 0 Å². The standard InChI is InChI=1S/C5H12Cl4Si2/c1-3-10(6,4-2)5-11(7,8)9/h3-5H2,1-2H3. The van der Waals surface area contributed by atoms with Crippen molar-refractivity contribution in [2.24, 2.45) is 0 Å². The van der Waals surface area contributed by atoms with Crippen molar-refractivity contribution < 1.29 is 0 Å². The molecule has 6 heteroatoms. The minimum atomic E-state index is -2.49. The first-order valence-electron chi connectivity index (χ1n) is 3.58. The van der Waals surface area contributed by atoms with Crippen molar-refractivity contribution in [2.75, 3.05) is 0 Å². The average molecular weight is 270 g/mol. The molecule has 0 unspecified atom stereocenters. The van der Waals surface area contributed by atoms with E-state index in [4.69, 9.17) is 44.3 Å². The van der Waals surface area contributed by atoms with Gasteiger partial charge in [-0.3, -0.25) is 0 Å². The first kappa shape index (κ1) is 12.6. The zero-order chi connectivity index (χ0) is 9.12. The summed E-state index contributed by atoms with van der Waals surface area (Å²) in [6, 6.07) is -0.504. The van der Waals surface area contributed by atoms with Crippen LogP contribution in [0.4, 0.5) is 0 Å². The summed E-state index contributed by atoms with van der Waals surface area (Å²) in [7, 11) is -1.69. The molecular weight excluding hydrogens is 258 g/mol. The lowest BCUT2D eigenvalue weighted by molar-refractivity contribution is 1.28. The van der Waals surface area contributed by atoms with E-state index in [0.717, 1.165) is 12.1 Å². The lowest BCUT2D eigenvalue weighted by Gasteiger charge is -2.23. The molecule has 0 spiro atoms. The molecule has 0 aliphatic carbocycles. The van der Waals surface area contributed by atoms with Crippen LogP contribution in [0.3, 0.4) is 0 Å². The lowest BCUT2D eigenvalue weighted by atomic mass is 10.9. The van der Waals surface area contributed by atoms with Gasteiger partial charge in [0.2, 0.25) is 0 Å². The molecule has 0 rings (SSSR count). The minimum absolute atomic E-state index is 0.680. The number of hydrogen-bond donors (Lipinski definition) is 0. The summed E-state index contributed by atoms with van der Waals surface area (Å²) in [5, 5.41) is 0. The van der Waals surface area contributed by atoms with Crippen LogP contribution in [0.5, 0.6) is 0 Å². The SMILES string of the molecule is CC[Si](Cl)(CC)C[Si](Cl)(Cl)Cl. The predicted molar refractivity (Wildman–Crippen MR) is 60.7 cm³/mol. The third-order valence-corrected chi connectivity index (χ3v) is 14.9. The van der Waals surface area contributed by atoms with E-state index in [1.807, 2.05) is 0 Å². The molecule has 0 amide bonds. The second kappa shape index (κ2) is 4.73. The maximum absolute atomic E-state index is 6.31. The van der Waals surface area contributed by atoms with Gasteiger partial charge in [-0.2, -0.15) is 11.1 Å². The van der Waals surface area contributed by atoms with Crippen molar-refractivity contribution >= 4 is 57.7 Å². The summed E-state index contributed by atoms with van der Waals surface area (Å²) >= 11 is 23.7. The molecule has 0 saturated carbocycles. The van der Waals surface area contributed by atoms with Crippen LogP contribution >= 0.6 is 44.3 Å². The van der Waals surface area contributed by atoms with Gasteiger partial charge < -0.3 is 0 Å². The van der Waals surface area contributed by atoms with Crippen LogP contribution in [-0.4, -0.2) is 13.4 Å². The molecule has 0 aliphatic heterocycles. The van der Waals surface area contributed by atoms with Gasteiger partial charge in [0, 0.05) is 0 Å². The molecule has 68 valence electrons. The molecular formula is C5H12Cl4Si2. The van der Waals surface area contributed by atoms with E-state index in [1.165, 1.54) is 0 Å². The number of halogens is 4. The van der Waals surface area contributed by atoms with Crippen molar-refractivity contribution in [3.63, 3.8) is 0 Å². The van der Waals surface area contributed by atoms with E-state index >= 15 is 0 Å². The molecule has 0 saturated heterocycles. The fourth-order valence-corrected chi connectivity index (χ4v) is 16.8. The van der Waals surface area contributed by atoms with Crippen LogP contribution < -0.4 is 0 Å². The topological polar surface area (TPSA) is 0 Å². The van der Waals surface area contributed by atoms with Crippen molar-refractivity contribution in [2.45, 2.75) is 31.6 Å². The van der Waals surface area contributed by atoms with Crippen LogP contribution in [0.2, 0.25) is 17.8 Å². The summed E-state index contributed by atoms with van der Waals surface area (Å²) in [6.45, 7) is 4.15. The van der Waals surface area contributed by atoms with E-state index in [-0.39, 0.29) is 0 Å². The Morgan fingerprint density at radius 2 is 1.27 bits per heavy atom. The van der Waals surface area contributed by atoms with Gasteiger partial charge in [-0.15, -0.1) is 33.2 Å². The van der Waals surface area contributed by atoms with E-state index in [2.05, 4.69) is 13.8 Å². The number of rotatable bonds is 4. The van der Waals surface area contributed by atoms with E-state index in [9.17, 15) is 0 Å². The van der Waals surface area contributed by atoms with E-state index in [1.54, 1.807) is 0 Å². The molecule has 0 aromatic carbocycles. The van der Waals surface area contributed by atoms with Crippen molar-refractivity contribution in [1.29, 1.82) is 0 Å². The third-order valence-electron chi connectivity index (χ3n) is 1.78. The third kappa shape index (κ3) is 5.77. The van der Waals surface area contributed by atoms with Crippen LogP contribution in [-0.2, 0) is 0 Å². The van der Waals surface area contributed by atoms with Crippen LogP contribution in [0.25, 0.3) is 0 Å². The molecule has 0 radical (unpaired) electrons. The van der Waals surface area contributed by atoms with Gasteiger partial charge in [-0.25, -0.2) is 0 Å². The van der Waals surface area contributed by atoms with Gasteiger partial charge in [-0.1, -0.05) is 13.8 Å². The quantitative estimate of drug-likeness (QED) is 0.524. The molecule has 0 nitrogen and oxygen atoms in total. The molecule has 0 bridgehead atoms. The Hall–Kier alpha value is 1.59. The highest BCUT2D eigenvalue weighted by Crippen LogP contribution is 2.36. The number of hydrogen-bond acceptors (Lipinski definition) is 0. The zero-order valence-electron chi connectivity index (χ0n) is 6.63. The maximum atomic E-state index is 6.31. The van der Waals surface area contributed by atoms with Crippen LogP contribution in [0.1, 0.15) is 13.8 Å². The van der Waals surface area contributed by atoms with Gasteiger partial charge in [0.1, 0.15) is 0 Å². The van der Waals surface area contributed by atoms with Crippen molar-refractivity contribution in [3.8, 4) is 0 Å². The fourth-order valence-electron chi connectivity index (χ4n) is 0.859. The van der Waals surface area contributed by atoms with Gasteiger partial charge in [0.25, 0.3) is 0 Å². The molecule has 0 heterocycles. The highest BCUT2D eigenvalue weighted by atomic mass is 35.8. The summed E-state index contributed by atoms with van der Waals surface area (Å²) in [5.41, 5.74) is 0.680. The minimum Gasteiger partial charge on any atom is -0.167 e. The first-order valence-corrected chi connectivity index (χ1v) is 12.5. The van der Waals surface area contributed by atoms with Gasteiger partial charge in [0.15, 0.2) is 7.38 Å². The molecule has 0 N–H and O–H groups in total. The van der Waals surface area contributed by atoms with E-state index < -0.39 is 13.4 Å². The fraction of sp³-hybridized carbons (Fsp3) is 1.00. The lowest BCUT2D eigenvalue weighted by Crippen LogP contribution is -2.32. The summed E-state index contributed by atoms with van der Waals surface area (Å²) in [4.78, 5) is 0. The second-order valence-corrected chi connectivity index (χ2v) is 19.0. The first-order chi connectivity index (χ1) is 4.83.